The van der Waals surface area contributed by atoms with Crippen LogP contribution in [0.15, 0.2) is 24.3 Å². The lowest BCUT2D eigenvalue weighted by Gasteiger charge is -2.20. The fourth-order valence-electron chi connectivity index (χ4n) is 3.92. The number of ketones is 1. The van der Waals surface area contributed by atoms with E-state index in [1.807, 2.05) is 0 Å². The molecule has 0 saturated heterocycles. The summed E-state index contributed by atoms with van der Waals surface area (Å²) in [4.78, 5) is 24.6. The van der Waals surface area contributed by atoms with Crippen molar-refractivity contribution in [1.82, 2.24) is 0 Å². The third-order valence-electron chi connectivity index (χ3n) is 6.65. The van der Waals surface area contributed by atoms with Crippen LogP contribution in [0.2, 0.25) is 0 Å². The first-order valence-electron chi connectivity index (χ1n) is 13.2. The van der Waals surface area contributed by atoms with Gasteiger partial charge in [0.05, 0.1) is 12.2 Å². The summed E-state index contributed by atoms with van der Waals surface area (Å²) in [5, 5.41) is 0. The fraction of sp³-hybridized carbons (Fsp3) is 0.724. The van der Waals surface area contributed by atoms with Gasteiger partial charge in [0.1, 0.15) is 0 Å². The van der Waals surface area contributed by atoms with E-state index in [0.717, 1.165) is 24.7 Å². The van der Waals surface area contributed by atoms with Gasteiger partial charge in [-0.2, -0.15) is 0 Å². The van der Waals surface area contributed by atoms with E-state index in [1.54, 1.807) is 31.2 Å². The molecule has 0 N–H and O–H groups in total. The van der Waals surface area contributed by atoms with Gasteiger partial charge in [0.25, 0.3) is 0 Å². The van der Waals surface area contributed by atoms with Crippen LogP contribution in [0.1, 0.15) is 133 Å². The lowest BCUT2D eigenvalue weighted by atomic mass is 9.85. The molecule has 1 rings (SSSR count). The van der Waals surface area contributed by atoms with Crippen LogP contribution in [-0.4, -0.2) is 18.4 Å². The average molecular weight is 447 g/mol. The zero-order valence-electron chi connectivity index (χ0n) is 22.0. The van der Waals surface area contributed by atoms with Crippen molar-refractivity contribution in [2.75, 3.05) is 6.61 Å². The van der Waals surface area contributed by atoms with Crippen LogP contribution in [0.5, 0.6) is 0 Å². The molecule has 184 valence electrons. The normalized spacial score (nSPS) is 12.6. The number of rotatable bonds is 15. The monoisotopic (exact) mass is 446 g/mol. The summed E-state index contributed by atoms with van der Waals surface area (Å²) in [6, 6.07) is 6.98. The lowest BCUT2D eigenvalue weighted by molar-refractivity contribution is 0.0523. The molecule has 0 aliphatic rings. The summed E-state index contributed by atoms with van der Waals surface area (Å²) in [5.74, 6) is 1.91. The minimum absolute atomic E-state index is 0.0432. The summed E-state index contributed by atoms with van der Waals surface area (Å²) in [7, 11) is 0. The maximum Gasteiger partial charge on any atom is 0.338 e. The van der Waals surface area contributed by atoms with Crippen molar-refractivity contribution in [3.05, 3.63) is 35.4 Å². The van der Waals surface area contributed by atoms with Crippen LogP contribution in [0.4, 0.5) is 0 Å². The number of carbonyl (C=O) groups excluding carboxylic acids is 2. The van der Waals surface area contributed by atoms with Crippen molar-refractivity contribution in [2.45, 2.75) is 113 Å². The Hall–Kier alpha value is -1.64. The molecule has 0 radical (unpaired) electrons. The van der Waals surface area contributed by atoms with Crippen molar-refractivity contribution in [3.8, 4) is 0 Å². The Bertz CT molecular complexity index is 619. The molecule has 0 saturated carbocycles. The minimum Gasteiger partial charge on any atom is -0.462 e. The van der Waals surface area contributed by atoms with Crippen molar-refractivity contribution < 1.29 is 14.3 Å². The van der Waals surface area contributed by atoms with E-state index < -0.39 is 5.97 Å². The van der Waals surface area contributed by atoms with Crippen LogP contribution in [-0.2, 0) is 4.74 Å². The van der Waals surface area contributed by atoms with E-state index in [1.165, 1.54) is 44.9 Å². The Morgan fingerprint density at radius 1 is 0.812 bits per heavy atom. The molecule has 0 bridgehead atoms. The Balaban J connectivity index is 0.00000102. The first-order chi connectivity index (χ1) is 15.4. The van der Waals surface area contributed by atoms with Crippen LogP contribution in [0.3, 0.4) is 0 Å². The second-order valence-electron chi connectivity index (χ2n) is 9.08. The second-order valence-corrected chi connectivity index (χ2v) is 9.08. The van der Waals surface area contributed by atoms with Gasteiger partial charge < -0.3 is 4.74 Å². The molecule has 3 nitrogen and oxygen atoms in total. The standard InChI is InChI=1S/C21H32O3.C8H18/c1-5-16(6-2)15-17(7-3)13-14-20(22)18-11-9-10-12-19(18)21(23)24-8-4;1-4-6-7-8(3)5-2/h9-12,16-17H,5-8,13-15H2,1-4H3;8H,4-7H2,1-3H3. The minimum atomic E-state index is -0.412. The van der Waals surface area contributed by atoms with Crippen molar-refractivity contribution in [1.29, 1.82) is 0 Å². The molecule has 0 spiro atoms. The van der Waals surface area contributed by atoms with Gasteiger partial charge in [-0.25, -0.2) is 4.79 Å². The number of ether oxygens (including phenoxy) is 1. The molecular weight excluding hydrogens is 396 g/mol. The molecule has 2 atom stereocenters. The highest BCUT2D eigenvalue weighted by Gasteiger charge is 2.19. The van der Waals surface area contributed by atoms with Crippen molar-refractivity contribution in [2.24, 2.45) is 17.8 Å². The molecule has 0 aromatic heterocycles. The molecule has 0 aliphatic carbocycles. The smallest absolute Gasteiger partial charge is 0.338 e. The quantitative estimate of drug-likeness (QED) is 0.199. The third-order valence-corrected chi connectivity index (χ3v) is 6.65. The van der Waals surface area contributed by atoms with Gasteiger partial charge in [0, 0.05) is 12.0 Å². The molecule has 1 aromatic carbocycles. The van der Waals surface area contributed by atoms with E-state index in [2.05, 4.69) is 41.5 Å². The first-order valence-corrected chi connectivity index (χ1v) is 13.2. The average Bonchev–Trinajstić information content (AvgIpc) is 2.83. The van der Waals surface area contributed by atoms with Crippen LogP contribution < -0.4 is 0 Å². The number of benzene rings is 1. The van der Waals surface area contributed by atoms with E-state index in [4.69, 9.17) is 4.74 Å². The number of unbranched alkanes of at least 4 members (excludes halogenated alkanes) is 1. The summed E-state index contributed by atoms with van der Waals surface area (Å²) in [6.07, 6.45) is 11.6. The third kappa shape index (κ3) is 12.4. The molecule has 0 heterocycles. The zero-order chi connectivity index (χ0) is 24.4. The predicted octanol–water partition coefficient (Wildman–Crippen LogP) is 8.90. The predicted molar refractivity (Wildman–Crippen MR) is 137 cm³/mol. The SMILES string of the molecule is CCCCC(C)CC.CCOC(=O)c1ccccc1C(=O)CCC(CC)CC(CC)CC. The van der Waals surface area contributed by atoms with Gasteiger partial charge in [-0.1, -0.05) is 105 Å². The van der Waals surface area contributed by atoms with Crippen LogP contribution in [0.25, 0.3) is 0 Å². The van der Waals surface area contributed by atoms with Gasteiger partial charge in [0.15, 0.2) is 5.78 Å². The number of carbonyl (C=O) groups is 2. The highest BCUT2D eigenvalue weighted by Crippen LogP contribution is 2.26. The van der Waals surface area contributed by atoms with Gasteiger partial charge in [-0.15, -0.1) is 0 Å². The maximum absolute atomic E-state index is 12.6. The van der Waals surface area contributed by atoms with Crippen molar-refractivity contribution in [3.63, 3.8) is 0 Å². The van der Waals surface area contributed by atoms with Gasteiger partial charge in [0.2, 0.25) is 0 Å². The molecule has 0 fully saturated rings. The maximum atomic E-state index is 12.6. The Kier molecular flexibility index (Phi) is 17.9. The molecule has 0 aliphatic heterocycles. The van der Waals surface area contributed by atoms with E-state index >= 15 is 0 Å². The number of esters is 1. The summed E-state index contributed by atoms with van der Waals surface area (Å²) in [6.45, 7) is 15.6. The fourth-order valence-corrected chi connectivity index (χ4v) is 3.92. The molecule has 1 aromatic rings. The summed E-state index contributed by atoms with van der Waals surface area (Å²) < 4.78 is 5.06. The van der Waals surface area contributed by atoms with Gasteiger partial charge in [-0.3, -0.25) is 4.79 Å². The molecule has 2 unspecified atom stereocenters. The largest absolute Gasteiger partial charge is 0.462 e. The molecule has 32 heavy (non-hydrogen) atoms. The Morgan fingerprint density at radius 2 is 1.41 bits per heavy atom. The zero-order valence-corrected chi connectivity index (χ0v) is 22.0. The topological polar surface area (TPSA) is 43.4 Å². The lowest BCUT2D eigenvalue weighted by Crippen LogP contribution is -2.14. The summed E-state index contributed by atoms with van der Waals surface area (Å²) in [5.41, 5.74) is 0.880. The molecule has 0 amide bonds. The van der Waals surface area contributed by atoms with Gasteiger partial charge in [-0.05, 0) is 43.6 Å². The number of Topliss-reactive ketones (excluding diaryl/α,β-unsaturated/α-hetero) is 1. The van der Waals surface area contributed by atoms with E-state index in [-0.39, 0.29) is 5.78 Å². The van der Waals surface area contributed by atoms with E-state index in [9.17, 15) is 9.59 Å². The van der Waals surface area contributed by atoms with Crippen LogP contribution in [0, 0.1) is 17.8 Å². The first kappa shape index (κ1) is 30.4. The van der Waals surface area contributed by atoms with Gasteiger partial charge >= 0.3 is 5.97 Å². The Morgan fingerprint density at radius 3 is 1.91 bits per heavy atom. The molecule has 3 heteroatoms. The molecular formula is C29H50O3. The highest BCUT2D eigenvalue weighted by molar-refractivity contribution is 6.06. The highest BCUT2D eigenvalue weighted by atomic mass is 16.5. The number of hydrogen-bond donors (Lipinski definition) is 0. The summed E-state index contributed by atoms with van der Waals surface area (Å²) >= 11 is 0. The second kappa shape index (κ2) is 18.9. The van der Waals surface area contributed by atoms with Crippen LogP contribution >= 0.6 is 0 Å². The van der Waals surface area contributed by atoms with Crippen molar-refractivity contribution >= 4 is 11.8 Å². The Labute approximate surface area is 198 Å². The van der Waals surface area contributed by atoms with E-state index in [0.29, 0.717) is 30.1 Å². The number of hydrogen-bond acceptors (Lipinski definition) is 3.